The topological polar surface area (TPSA) is 78.9 Å². The Morgan fingerprint density at radius 2 is 1.96 bits per heavy atom. The van der Waals surface area contributed by atoms with Gasteiger partial charge < -0.3 is 14.5 Å². The first kappa shape index (κ1) is 18.2. The van der Waals surface area contributed by atoms with Crippen LogP contribution in [0.2, 0.25) is 0 Å². The van der Waals surface area contributed by atoms with Crippen molar-refractivity contribution in [2.75, 3.05) is 37.0 Å². The van der Waals surface area contributed by atoms with Crippen LogP contribution >= 0.6 is 0 Å². The molecule has 146 valence electrons. The highest BCUT2D eigenvalue weighted by molar-refractivity contribution is 6.02. The Hall–Kier alpha value is -3.16. The molecule has 2 amide bonds. The number of amides is 2. The van der Waals surface area contributed by atoms with Crippen molar-refractivity contribution in [1.82, 2.24) is 14.9 Å². The number of aldehydes is 1. The molecule has 2 aliphatic rings. The lowest BCUT2D eigenvalue weighted by atomic mass is 10.1. The Kier molecular flexibility index (Phi) is 4.85. The predicted octanol–water partition coefficient (Wildman–Crippen LogP) is 2.07. The van der Waals surface area contributed by atoms with Crippen molar-refractivity contribution in [3.05, 3.63) is 41.9 Å². The lowest BCUT2D eigenvalue weighted by Gasteiger charge is -2.28. The van der Waals surface area contributed by atoms with Crippen molar-refractivity contribution < 1.29 is 14.3 Å². The first-order valence-corrected chi connectivity index (χ1v) is 9.37. The van der Waals surface area contributed by atoms with Crippen molar-refractivity contribution >= 4 is 23.8 Å². The fourth-order valence-electron chi connectivity index (χ4n) is 3.71. The summed E-state index contributed by atoms with van der Waals surface area (Å²) in [7, 11) is 3.41. The van der Waals surface area contributed by atoms with E-state index in [9.17, 15) is 9.59 Å². The van der Waals surface area contributed by atoms with Gasteiger partial charge in [-0.3, -0.25) is 9.69 Å². The lowest BCUT2D eigenvalue weighted by Crippen LogP contribution is -2.50. The van der Waals surface area contributed by atoms with E-state index in [1.807, 2.05) is 24.3 Å². The summed E-state index contributed by atoms with van der Waals surface area (Å²) in [6, 6.07) is 7.57. The van der Waals surface area contributed by atoms with Gasteiger partial charge in [-0.25, -0.2) is 14.8 Å². The van der Waals surface area contributed by atoms with Crippen LogP contribution in [0.25, 0.3) is 0 Å². The molecule has 1 fully saturated rings. The van der Waals surface area contributed by atoms with Crippen LogP contribution in [-0.2, 0) is 11.2 Å². The van der Waals surface area contributed by atoms with Gasteiger partial charge in [0.15, 0.2) is 18.3 Å². The van der Waals surface area contributed by atoms with Crippen molar-refractivity contribution in [2.24, 2.45) is 0 Å². The predicted molar refractivity (Wildman–Crippen MR) is 105 cm³/mol. The number of aromatic nitrogens is 2. The molecular formula is C20H23N5O3. The zero-order valence-electron chi connectivity index (χ0n) is 16.0. The molecule has 1 aromatic carbocycles. The summed E-state index contributed by atoms with van der Waals surface area (Å²) in [4.78, 5) is 38.8. The standard InChI is InChI=1S/C20H23N5O3/c1-23-18(13-26)25(20(27)24-9-3-4-10-24)16-12-21-17(22-19(16)23)11-14-5-7-15(28-2)8-6-14/h5-8,12-13,18H,3-4,9-11H2,1-2H3. The molecule has 0 radical (unpaired) electrons. The molecule has 0 aliphatic carbocycles. The highest BCUT2D eigenvalue weighted by atomic mass is 16.5. The SMILES string of the molecule is COc1ccc(Cc2ncc3c(n2)N(C)C(C=O)N3C(=O)N2CCCC2)cc1. The number of fused-ring (bicyclic) bond motifs is 1. The smallest absolute Gasteiger partial charge is 0.326 e. The van der Waals surface area contributed by atoms with E-state index in [-0.39, 0.29) is 6.03 Å². The van der Waals surface area contributed by atoms with Crippen LogP contribution in [0.1, 0.15) is 24.2 Å². The normalized spacial score (nSPS) is 18.4. The lowest BCUT2D eigenvalue weighted by molar-refractivity contribution is -0.108. The first-order chi connectivity index (χ1) is 13.6. The minimum Gasteiger partial charge on any atom is -0.497 e. The molecule has 1 saturated heterocycles. The third-order valence-electron chi connectivity index (χ3n) is 5.28. The van der Waals surface area contributed by atoms with Gasteiger partial charge in [0.25, 0.3) is 0 Å². The zero-order valence-corrected chi connectivity index (χ0v) is 16.0. The van der Waals surface area contributed by atoms with Crippen molar-refractivity contribution in [2.45, 2.75) is 25.4 Å². The number of hydrogen-bond acceptors (Lipinski definition) is 6. The first-order valence-electron chi connectivity index (χ1n) is 9.37. The van der Waals surface area contributed by atoms with Gasteiger partial charge in [0.1, 0.15) is 17.3 Å². The van der Waals surface area contributed by atoms with Gasteiger partial charge in [-0.2, -0.15) is 0 Å². The Morgan fingerprint density at radius 1 is 1.25 bits per heavy atom. The second-order valence-electron chi connectivity index (χ2n) is 7.03. The highest BCUT2D eigenvalue weighted by Crippen LogP contribution is 2.37. The van der Waals surface area contributed by atoms with Gasteiger partial charge >= 0.3 is 6.03 Å². The molecule has 28 heavy (non-hydrogen) atoms. The minimum atomic E-state index is -0.700. The summed E-state index contributed by atoms with van der Waals surface area (Å²) < 4.78 is 5.18. The van der Waals surface area contributed by atoms with Crippen LogP contribution in [0.4, 0.5) is 16.3 Å². The molecule has 4 rings (SSSR count). The maximum Gasteiger partial charge on any atom is 0.326 e. The number of nitrogens with zero attached hydrogens (tertiary/aromatic N) is 5. The Labute approximate surface area is 163 Å². The van der Waals surface area contributed by atoms with E-state index < -0.39 is 6.17 Å². The molecule has 8 nitrogen and oxygen atoms in total. The largest absolute Gasteiger partial charge is 0.497 e. The Balaban J connectivity index is 1.61. The van der Waals surface area contributed by atoms with Crippen LogP contribution in [0, 0.1) is 0 Å². The maximum absolute atomic E-state index is 13.0. The number of carbonyl (C=O) groups is 2. The van der Waals surface area contributed by atoms with Crippen LogP contribution in [-0.4, -0.2) is 60.6 Å². The van der Waals surface area contributed by atoms with Crippen LogP contribution in [0.3, 0.4) is 0 Å². The summed E-state index contributed by atoms with van der Waals surface area (Å²) in [5, 5.41) is 0. The summed E-state index contributed by atoms with van der Waals surface area (Å²) >= 11 is 0. The number of benzene rings is 1. The van der Waals surface area contributed by atoms with E-state index in [1.165, 1.54) is 4.90 Å². The quantitative estimate of drug-likeness (QED) is 0.755. The van der Waals surface area contributed by atoms with Gasteiger partial charge in [-0.1, -0.05) is 12.1 Å². The second-order valence-corrected chi connectivity index (χ2v) is 7.03. The summed E-state index contributed by atoms with van der Waals surface area (Å²) in [5.41, 5.74) is 1.63. The van der Waals surface area contributed by atoms with E-state index in [2.05, 4.69) is 9.97 Å². The van der Waals surface area contributed by atoms with Crippen LogP contribution in [0.5, 0.6) is 5.75 Å². The van der Waals surface area contributed by atoms with E-state index in [1.54, 1.807) is 30.2 Å². The maximum atomic E-state index is 13.0. The third-order valence-corrected chi connectivity index (χ3v) is 5.28. The van der Waals surface area contributed by atoms with Crippen molar-refractivity contribution in [3.8, 4) is 5.75 Å². The second kappa shape index (κ2) is 7.46. The number of methoxy groups -OCH3 is 1. The number of likely N-dealkylation sites (tertiary alicyclic amines) is 1. The van der Waals surface area contributed by atoms with E-state index in [0.717, 1.165) is 43.5 Å². The number of urea groups is 1. The van der Waals surface area contributed by atoms with E-state index in [4.69, 9.17) is 4.74 Å². The average Bonchev–Trinajstić information content (AvgIpc) is 3.35. The molecule has 8 heteroatoms. The molecular weight excluding hydrogens is 358 g/mol. The van der Waals surface area contributed by atoms with Gasteiger partial charge in [0, 0.05) is 26.6 Å². The van der Waals surface area contributed by atoms with Crippen molar-refractivity contribution in [3.63, 3.8) is 0 Å². The van der Waals surface area contributed by atoms with Crippen LogP contribution < -0.4 is 14.5 Å². The molecule has 0 N–H and O–H groups in total. The zero-order chi connectivity index (χ0) is 19.7. The molecule has 1 atom stereocenters. The number of likely N-dealkylation sites (N-methyl/N-ethyl adjacent to an activating group) is 1. The Morgan fingerprint density at radius 3 is 2.61 bits per heavy atom. The Bertz CT molecular complexity index is 880. The van der Waals surface area contributed by atoms with Gasteiger partial charge in [0.2, 0.25) is 0 Å². The molecule has 1 unspecified atom stereocenters. The number of ether oxygens (including phenoxy) is 1. The molecule has 3 heterocycles. The summed E-state index contributed by atoms with van der Waals surface area (Å²) in [6.45, 7) is 1.44. The summed E-state index contributed by atoms with van der Waals surface area (Å²) in [5.74, 6) is 2.03. The monoisotopic (exact) mass is 381 g/mol. The average molecular weight is 381 g/mol. The number of carbonyl (C=O) groups excluding carboxylic acids is 2. The fourth-order valence-corrected chi connectivity index (χ4v) is 3.71. The van der Waals surface area contributed by atoms with Gasteiger partial charge in [-0.05, 0) is 30.5 Å². The van der Waals surface area contributed by atoms with Crippen LogP contribution in [0.15, 0.2) is 30.5 Å². The molecule has 0 bridgehead atoms. The summed E-state index contributed by atoms with van der Waals surface area (Å²) in [6.07, 6.45) is 4.26. The van der Waals surface area contributed by atoms with Crippen molar-refractivity contribution in [1.29, 1.82) is 0 Å². The van der Waals surface area contributed by atoms with Gasteiger partial charge in [0.05, 0.1) is 13.3 Å². The van der Waals surface area contributed by atoms with E-state index in [0.29, 0.717) is 23.8 Å². The minimum absolute atomic E-state index is 0.160. The van der Waals surface area contributed by atoms with E-state index >= 15 is 0 Å². The van der Waals surface area contributed by atoms with Gasteiger partial charge in [-0.15, -0.1) is 0 Å². The molecule has 2 aliphatic heterocycles. The number of hydrogen-bond donors (Lipinski definition) is 0. The fraction of sp³-hybridized carbons (Fsp3) is 0.400. The number of anilines is 2. The molecule has 0 saturated carbocycles. The molecule has 1 aromatic heterocycles. The molecule has 2 aromatic rings. The third kappa shape index (κ3) is 3.15. The highest BCUT2D eigenvalue weighted by Gasteiger charge is 2.41. The molecule has 0 spiro atoms. The number of rotatable bonds is 4.